The average Bonchev–Trinajstić information content (AvgIpc) is 3.64. The third-order valence-corrected chi connectivity index (χ3v) is 13.0. The van der Waals surface area contributed by atoms with Gasteiger partial charge in [0.25, 0.3) is 0 Å². The Labute approximate surface area is 395 Å². The van der Waals surface area contributed by atoms with Gasteiger partial charge in [0.2, 0.25) is 11.8 Å². The number of phenols is 1. The summed E-state index contributed by atoms with van der Waals surface area (Å²) in [6.45, 7) is 2.42. The second kappa shape index (κ2) is 24.4. The number of hydrogen-bond donors (Lipinski definition) is 15. The van der Waals surface area contributed by atoms with Crippen LogP contribution in [0, 0.1) is 5.92 Å². The van der Waals surface area contributed by atoms with Crippen molar-refractivity contribution in [2.75, 3.05) is 45.8 Å². The van der Waals surface area contributed by atoms with E-state index < -0.39 is 65.4 Å². The number of nitrogens with two attached hydrogens (primary N) is 9. The Morgan fingerprint density at radius 1 is 0.735 bits per heavy atom. The Balaban J connectivity index is 1.23. The van der Waals surface area contributed by atoms with Gasteiger partial charge in [-0.2, -0.15) is 0 Å². The van der Waals surface area contributed by atoms with Crippen LogP contribution in [0.3, 0.4) is 0 Å². The number of phenolic OH excluding ortho intramolecular Hbond substituents is 1. The number of piperidine rings is 1. The van der Waals surface area contributed by atoms with Gasteiger partial charge in [-0.3, -0.25) is 39.3 Å². The molecule has 0 radical (unpaired) electrons. The van der Waals surface area contributed by atoms with Gasteiger partial charge in [0.05, 0.1) is 12.1 Å². The summed E-state index contributed by atoms with van der Waals surface area (Å²) in [4.78, 5) is 73.5. The summed E-state index contributed by atoms with van der Waals surface area (Å²) in [6.07, 6.45) is 6.47. The number of ether oxygens (including phenoxy) is 1. The van der Waals surface area contributed by atoms with Crippen molar-refractivity contribution in [2.24, 2.45) is 77.5 Å². The van der Waals surface area contributed by atoms with Gasteiger partial charge < -0.3 is 87.8 Å². The standard InChI is InChI=1S/C43H72N18O7/c44-25(6-1-15-53-38(45)46)33(64)26(7-2-16-54-39(47)48)58-36(65)27(8-3-17-55-40(49)50)59-37(66)28(9-4-18-56-41(51)52)60-42(67)57-19-5-20-61-21-14-43-24-11-13-31(63)35(43)68-34-30(62)12-10-23(32(34)43)22-29(24)61/h10-13,24-29,31,35,62-63H,1-9,14-22,44H2,(H,58,65)(H,59,66)(H4,45,46,53)(H4,47,48,54)(H4,49,50,55)(H4,51,52,56)(H2,57,60,67)/t24-,25-,26-,27-,28-,29+,31-,35-,43-/m0/s1. The van der Waals surface area contributed by atoms with E-state index in [1.807, 2.05) is 6.07 Å². The van der Waals surface area contributed by atoms with Crippen LogP contribution >= 0.6 is 0 Å². The Bertz CT molecular complexity index is 2080. The van der Waals surface area contributed by atoms with Crippen molar-refractivity contribution in [3.63, 3.8) is 0 Å². The molecule has 1 fully saturated rings. The van der Waals surface area contributed by atoms with E-state index in [-0.39, 0.29) is 106 Å². The molecule has 2 aliphatic heterocycles. The van der Waals surface area contributed by atoms with E-state index in [2.05, 4.69) is 52.2 Å². The number of amides is 4. The Kier molecular flexibility index (Phi) is 18.8. The third-order valence-electron chi connectivity index (χ3n) is 13.0. The molecule has 1 saturated heterocycles. The van der Waals surface area contributed by atoms with Crippen molar-refractivity contribution in [1.82, 2.24) is 26.2 Å². The fraction of sp³-hybridized carbons (Fsp3) is 0.628. The van der Waals surface area contributed by atoms with Crippen LogP contribution in [0.25, 0.3) is 0 Å². The highest BCUT2D eigenvalue weighted by Gasteiger charge is 2.64. The fourth-order valence-electron chi connectivity index (χ4n) is 9.90. The zero-order chi connectivity index (χ0) is 49.5. The summed E-state index contributed by atoms with van der Waals surface area (Å²) >= 11 is 0. The van der Waals surface area contributed by atoms with Gasteiger partial charge in [-0.05, 0) is 88.8 Å². The molecule has 0 unspecified atom stereocenters. The molecule has 68 heavy (non-hydrogen) atoms. The van der Waals surface area contributed by atoms with Crippen molar-refractivity contribution < 1.29 is 34.1 Å². The van der Waals surface area contributed by atoms with Crippen molar-refractivity contribution in [2.45, 2.75) is 118 Å². The number of carbonyl (C=O) groups excluding carboxylic acids is 4. The maximum Gasteiger partial charge on any atom is 0.315 e. The van der Waals surface area contributed by atoms with Crippen molar-refractivity contribution in [1.29, 1.82) is 0 Å². The highest BCUT2D eigenvalue weighted by Crippen LogP contribution is 2.62. The Hall–Kier alpha value is -6.60. The van der Waals surface area contributed by atoms with E-state index in [1.54, 1.807) is 12.1 Å². The number of aliphatic hydroxyl groups is 1. The summed E-state index contributed by atoms with van der Waals surface area (Å²) in [5.74, 6) is -1.69. The summed E-state index contributed by atoms with van der Waals surface area (Å²) in [7, 11) is 0. The van der Waals surface area contributed by atoms with E-state index in [0.29, 0.717) is 38.0 Å². The number of aliphatic hydroxyl groups excluding tert-OH is 1. The minimum Gasteiger partial charge on any atom is -0.504 e. The fourth-order valence-corrected chi connectivity index (χ4v) is 9.90. The normalized spacial score (nSPS) is 22.4. The SMILES string of the molecule is NC(N)=NCCC[C@H](NC(=O)NCCCN1CC[C@]23c4c5ccc(O)c4O[C@H]2[C@@H](O)C=C[C@H]3[C@H]1C5)C(=O)N[C@@H](CCCN=C(N)N)C(=O)N[C@@H](CCCN=C(N)N)C(=O)[C@@H](N)CCCN=C(N)N. The van der Waals surface area contributed by atoms with Crippen LogP contribution < -0.4 is 77.6 Å². The topological polar surface area (TPSA) is 453 Å². The number of aromatic hydroxyl groups is 1. The van der Waals surface area contributed by atoms with Gasteiger partial charge in [0, 0.05) is 62.2 Å². The molecular weight excluding hydrogens is 881 g/mol. The molecule has 0 aromatic heterocycles. The molecule has 4 amide bonds. The first-order valence-corrected chi connectivity index (χ1v) is 23.2. The van der Waals surface area contributed by atoms with Gasteiger partial charge in [-0.1, -0.05) is 18.2 Å². The largest absolute Gasteiger partial charge is 0.504 e. The lowest BCUT2D eigenvalue weighted by atomic mass is 9.53. The lowest BCUT2D eigenvalue weighted by Gasteiger charge is -2.57. The molecule has 24 N–H and O–H groups in total. The Morgan fingerprint density at radius 3 is 1.84 bits per heavy atom. The van der Waals surface area contributed by atoms with Gasteiger partial charge in [0.15, 0.2) is 41.1 Å². The van der Waals surface area contributed by atoms with Gasteiger partial charge in [0.1, 0.15) is 24.3 Å². The number of ketones is 1. The monoisotopic (exact) mass is 953 g/mol. The number of Topliss-reactive ketones (excluding diaryl/α,β-unsaturated/α-hetero) is 1. The molecule has 2 heterocycles. The van der Waals surface area contributed by atoms with E-state index >= 15 is 0 Å². The second-order valence-corrected chi connectivity index (χ2v) is 17.7. The summed E-state index contributed by atoms with van der Waals surface area (Å²) in [5, 5.41) is 32.8. The number of aliphatic imine (C=N–C) groups is 4. The second-order valence-electron chi connectivity index (χ2n) is 17.7. The first kappa shape index (κ1) is 52.4. The molecule has 5 rings (SSSR count). The van der Waals surface area contributed by atoms with E-state index in [0.717, 1.165) is 30.5 Å². The minimum atomic E-state index is -1.20. The van der Waals surface area contributed by atoms with Crippen LogP contribution in [0.1, 0.15) is 75.3 Å². The summed E-state index contributed by atoms with van der Waals surface area (Å²) in [6, 6.07) is -1.26. The molecule has 1 spiro atoms. The van der Waals surface area contributed by atoms with Crippen LogP contribution in [0.5, 0.6) is 11.5 Å². The molecule has 1 aromatic rings. The molecule has 2 aliphatic carbocycles. The van der Waals surface area contributed by atoms with Crippen molar-refractivity contribution in [3.05, 3.63) is 35.4 Å². The van der Waals surface area contributed by atoms with E-state index in [1.165, 1.54) is 0 Å². The van der Waals surface area contributed by atoms with E-state index in [4.69, 9.17) is 56.3 Å². The molecular formula is C43H72N18O7. The van der Waals surface area contributed by atoms with Crippen LogP contribution in [0.15, 0.2) is 44.3 Å². The first-order chi connectivity index (χ1) is 32.4. The number of guanidine groups is 4. The molecule has 0 saturated carbocycles. The predicted octanol–water partition coefficient (Wildman–Crippen LogP) is -4.29. The zero-order valence-electron chi connectivity index (χ0n) is 38.5. The molecule has 25 nitrogen and oxygen atoms in total. The van der Waals surface area contributed by atoms with Crippen molar-refractivity contribution in [3.8, 4) is 11.5 Å². The zero-order valence-corrected chi connectivity index (χ0v) is 38.5. The predicted molar refractivity (Wildman–Crippen MR) is 258 cm³/mol. The minimum absolute atomic E-state index is 0.0551. The number of rotatable bonds is 27. The van der Waals surface area contributed by atoms with Crippen LogP contribution in [0.2, 0.25) is 0 Å². The number of nitrogens with zero attached hydrogens (tertiary/aromatic N) is 5. The molecule has 1 aromatic carbocycles. The highest BCUT2D eigenvalue weighted by atomic mass is 16.5. The number of hydrogen-bond acceptors (Lipinski definition) is 13. The molecule has 9 atom stereocenters. The summed E-state index contributed by atoms with van der Waals surface area (Å²) in [5.41, 5.74) is 51.9. The van der Waals surface area contributed by atoms with Crippen LogP contribution in [0.4, 0.5) is 4.79 Å². The lowest BCUT2D eigenvalue weighted by Crippen LogP contribution is -2.65. The molecule has 376 valence electrons. The number of carbonyl (C=O) groups is 4. The van der Waals surface area contributed by atoms with Gasteiger partial charge in [-0.25, -0.2) is 4.79 Å². The highest BCUT2D eigenvalue weighted by molar-refractivity contribution is 5.96. The summed E-state index contributed by atoms with van der Waals surface area (Å²) < 4.78 is 6.27. The number of likely N-dealkylation sites (tertiary alicyclic amines) is 1. The Morgan fingerprint density at radius 2 is 1.26 bits per heavy atom. The number of benzene rings is 1. The maximum atomic E-state index is 14.1. The van der Waals surface area contributed by atoms with Gasteiger partial charge in [-0.15, -0.1) is 0 Å². The lowest BCUT2D eigenvalue weighted by molar-refractivity contribution is -0.132. The van der Waals surface area contributed by atoms with E-state index in [9.17, 15) is 29.4 Å². The molecule has 4 aliphatic rings. The number of nitrogens with one attached hydrogen (secondary N) is 4. The smallest absolute Gasteiger partial charge is 0.315 e. The molecule has 25 heteroatoms. The van der Waals surface area contributed by atoms with Crippen LogP contribution in [-0.4, -0.2) is 151 Å². The molecule has 2 bridgehead atoms. The van der Waals surface area contributed by atoms with Gasteiger partial charge >= 0.3 is 6.03 Å². The first-order valence-electron chi connectivity index (χ1n) is 23.2. The maximum absolute atomic E-state index is 14.1. The van der Waals surface area contributed by atoms with Crippen molar-refractivity contribution >= 4 is 47.5 Å². The third kappa shape index (κ3) is 13.5. The average molecular weight is 953 g/mol. The quantitative estimate of drug-likeness (QED) is 0.0172. The number of urea groups is 1. The van der Waals surface area contributed by atoms with Crippen LogP contribution in [-0.2, 0) is 26.2 Å².